The summed E-state index contributed by atoms with van der Waals surface area (Å²) in [5.41, 5.74) is 4.50. The van der Waals surface area contributed by atoms with E-state index in [-0.39, 0.29) is 0 Å². The van der Waals surface area contributed by atoms with Crippen LogP contribution >= 0.6 is 14.3 Å². The molecule has 6 nitrogen and oxygen atoms in total. The lowest BCUT2D eigenvalue weighted by atomic mass is 11.0. The Labute approximate surface area is 64.9 Å². The summed E-state index contributed by atoms with van der Waals surface area (Å²) < 4.78 is 20.5. The van der Waals surface area contributed by atoms with Gasteiger partial charge in [0.15, 0.2) is 0 Å². The SMILES string of the molecule is CCP(=O)(O)P(=O)(O)O.CN. The summed E-state index contributed by atoms with van der Waals surface area (Å²) in [5.74, 6) is 0. The van der Waals surface area contributed by atoms with E-state index in [1.165, 1.54) is 14.0 Å². The minimum atomic E-state index is -4.76. The molecule has 11 heavy (non-hydrogen) atoms. The second kappa shape index (κ2) is 5.04. The molecule has 0 aromatic heterocycles. The summed E-state index contributed by atoms with van der Waals surface area (Å²) in [7, 11) is -7.45. The molecule has 0 saturated carbocycles. The van der Waals surface area contributed by atoms with Crippen molar-refractivity contribution in [2.45, 2.75) is 6.92 Å². The van der Waals surface area contributed by atoms with E-state index in [4.69, 9.17) is 14.7 Å². The minimum Gasteiger partial charge on any atom is -0.336 e. The largest absolute Gasteiger partial charge is 0.407 e. The molecule has 8 heteroatoms. The predicted octanol–water partition coefficient (Wildman–Crippen LogP) is -0.0557. The van der Waals surface area contributed by atoms with Crippen LogP contribution in [-0.2, 0) is 9.13 Å². The van der Waals surface area contributed by atoms with E-state index in [1.54, 1.807) is 0 Å². The van der Waals surface area contributed by atoms with Crippen LogP contribution in [0.15, 0.2) is 0 Å². The molecule has 1 atom stereocenters. The van der Waals surface area contributed by atoms with Crippen molar-refractivity contribution in [2.24, 2.45) is 5.73 Å². The normalized spacial score (nSPS) is 16.2. The van der Waals surface area contributed by atoms with Crippen molar-refractivity contribution < 1.29 is 23.8 Å². The molecule has 0 amide bonds. The van der Waals surface area contributed by atoms with E-state index in [0.29, 0.717) is 0 Å². The summed E-state index contributed by atoms with van der Waals surface area (Å²) in [6, 6.07) is 0. The summed E-state index contributed by atoms with van der Waals surface area (Å²) >= 11 is 0. The van der Waals surface area contributed by atoms with Crippen molar-refractivity contribution in [3.05, 3.63) is 0 Å². The molecule has 0 rings (SSSR count). The molecule has 0 aromatic rings. The third-order valence-corrected chi connectivity index (χ3v) is 5.75. The lowest BCUT2D eigenvalue weighted by Gasteiger charge is -2.08. The second-order valence-corrected chi connectivity index (χ2v) is 7.92. The number of hydrogen-bond acceptors (Lipinski definition) is 3. The molecular weight excluding hydrogens is 192 g/mol. The second-order valence-electron chi connectivity index (χ2n) is 1.49. The standard InChI is InChI=1S/C2H8O5P2.CH5N/c1-2-8(3,4)9(5,6)7;1-2/h2H2,1H3,(H,3,4)(H2,5,6,7);2H2,1H3. The zero-order chi connectivity index (χ0) is 9.71. The van der Waals surface area contributed by atoms with Gasteiger partial charge < -0.3 is 20.4 Å². The smallest absolute Gasteiger partial charge is 0.336 e. The molecule has 0 aliphatic carbocycles. The molecule has 1 unspecified atom stereocenters. The first-order valence-electron chi connectivity index (χ1n) is 2.77. The zero-order valence-corrected chi connectivity index (χ0v) is 8.13. The topological polar surface area (TPSA) is 121 Å². The van der Waals surface area contributed by atoms with Crippen LogP contribution in [0.5, 0.6) is 0 Å². The monoisotopic (exact) mass is 205 g/mol. The molecular formula is C3H13NO5P2. The van der Waals surface area contributed by atoms with Crippen molar-refractivity contribution in [1.29, 1.82) is 0 Å². The zero-order valence-electron chi connectivity index (χ0n) is 6.34. The molecule has 0 aromatic carbocycles. The minimum absolute atomic E-state index is 0.392. The first-order chi connectivity index (χ1) is 4.81. The molecule has 0 spiro atoms. The van der Waals surface area contributed by atoms with Gasteiger partial charge in [-0.15, -0.1) is 0 Å². The van der Waals surface area contributed by atoms with E-state index < -0.39 is 20.5 Å². The van der Waals surface area contributed by atoms with Crippen LogP contribution in [0.2, 0.25) is 0 Å². The first kappa shape index (κ1) is 13.9. The Morgan fingerprint density at radius 1 is 1.18 bits per heavy atom. The quantitative estimate of drug-likeness (QED) is 0.468. The van der Waals surface area contributed by atoms with Gasteiger partial charge in [-0.25, -0.2) is 4.57 Å². The van der Waals surface area contributed by atoms with Gasteiger partial charge in [-0.3, -0.25) is 4.57 Å². The van der Waals surface area contributed by atoms with Crippen molar-refractivity contribution in [3.8, 4) is 0 Å². The maximum absolute atomic E-state index is 10.4. The van der Waals surface area contributed by atoms with Crippen LogP contribution in [0, 0.1) is 0 Å². The van der Waals surface area contributed by atoms with Gasteiger partial charge in [-0.2, -0.15) is 0 Å². The van der Waals surface area contributed by atoms with Crippen LogP contribution in [0.1, 0.15) is 6.92 Å². The van der Waals surface area contributed by atoms with Gasteiger partial charge in [-0.1, -0.05) is 6.92 Å². The van der Waals surface area contributed by atoms with Crippen molar-refractivity contribution in [2.75, 3.05) is 13.2 Å². The van der Waals surface area contributed by atoms with Gasteiger partial charge in [0.05, 0.1) is 0 Å². The number of rotatable bonds is 2. The van der Waals surface area contributed by atoms with Crippen LogP contribution in [0.4, 0.5) is 0 Å². The fraction of sp³-hybridized carbons (Fsp3) is 1.00. The third kappa shape index (κ3) is 4.69. The van der Waals surface area contributed by atoms with Gasteiger partial charge in [-0.05, 0) is 7.05 Å². The third-order valence-electron chi connectivity index (χ3n) is 0.819. The van der Waals surface area contributed by atoms with Crippen molar-refractivity contribution >= 4 is 14.3 Å². The Hall–Kier alpha value is 0.300. The maximum atomic E-state index is 10.4. The molecule has 0 radical (unpaired) electrons. The fourth-order valence-electron chi connectivity index (χ4n) is 0.184. The summed E-state index contributed by atoms with van der Waals surface area (Å²) in [6.07, 6.45) is -0.392. The summed E-state index contributed by atoms with van der Waals surface area (Å²) in [4.78, 5) is 24.7. The van der Waals surface area contributed by atoms with Gasteiger partial charge in [0.25, 0.3) is 0 Å². The Morgan fingerprint density at radius 3 is 1.45 bits per heavy atom. The van der Waals surface area contributed by atoms with Gasteiger partial charge in [0.2, 0.25) is 0 Å². The van der Waals surface area contributed by atoms with E-state index in [9.17, 15) is 9.13 Å². The van der Waals surface area contributed by atoms with Gasteiger partial charge in [0.1, 0.15) is 0 Å². The van der Waals surface area contributed by atoms with Crippen LogP contribution in [0.3, 0.4) is 0 Å². The van der Waals surface area contributed by atoms with Crippen molar-refractivity contribution in [3.63, 3.8) is 0 Å². The van der Waals surface area contributed by atoms with E-state index in [2.05, 4.69) is 5.73 Å². The van der Waals surface area contributed by atoms with Crippen LogP contribution in [0.25, 0.3) is 0 Å². The van der Waals surface area contributed by atoms with Crippen LogP contribution in [-0.4, -0.2) is 27.9 Å². The van der Waals surface area contributed by atoms with E-state index in [1.807, 2.05) is 0 Å². The highest BCUT2D eigenvalue weighted by molar-refractivity contribution is 8.28. The number of nitrogens with two attached hydrogens (primary N) is 1. The highest BCUT2D eigenvalue weighted by atomic mass is 32.1. The molecule has 5 N–H and O–H groups in total. The Kier molecular flexibility index (Phi) is 6.35. The molecule has 0 aliphatic rings. The Bertz CT molecular complexity index is 186. The lowest BCUT2D eigenvalue weighted by molar-refractivity contribution is 0.377. The Balaban J connectivity index is 0. The lowest BCUT2D eigenvalue weighted by Crippen LogP contribution is -1.84. The average molecular weight is 205 g/mol. The maximum Gasteiger partial charge on any atom is 0.407 e. The molecule has 0 saturated heterocycles. The van der Waals surface area contributed by atoms with Crippen LogP contribution < -0.4 is 5.73 Å². The van der Waals surface area contributed by atoms with Gasteiger partial charge >= 0.3 is 14.3 Å². The predicted molar refractivity (Wildman–Crippen MR) is 42.5 cm³/mol. The highest BCUT2D eigenvalue weighted by Crippen LogP contribution is 2.73. The molecule has 0 aliphatic heterocycles. The highest BCUT2D eigenvalue weighted by Gasteiger charge is 2.37. The molecule has 0 heterocycles. The van der Waals surface area contributed by atoms with E-state index in [0.717, 1.165) is 0 Å². The summed E-state index contributed by atoms with van der Waals surface area (Å²) in [5, 5.41) is 0. The molecule has 70 valence electrons. The average Bonchev–Trinajstić information content (AvgIpc) is 1.90. The molecule has 0 bridgehead atoms. The molecule has 0 fully saturated rings. The summed E-state index contributed by atoms with van der Waals surface area (Å²) in [6.45, 7) is 1.25. The number of hydrogen-bond donors (Lipinski definition) is 4. The van der Waals surface area contributed by atoms with E-state index >= 15 is 0 Å². The van der Waals surface area contributed by atoms with Crippen molar-refractivity contribution in [1.82, 2.24) is 0 Å². The Morgan fingerprint density at radius 2 is 1.45 bits per heavy atom. The van der Waals surface area contributed by atoms with Gasteiger partial charge in [0, 0.05) is 6.16 Å². The first-order valence-corrected chi connectivity index (χ1v) is 6.93. The fourth-order valence-corrected chi connectivity index (χ4v) is 1.66.